The summed E-state index contributed by atoms with van der Waals surface area (Å²) in [5.74, 6) is -0.819. The monoisotopic (exact) mass is 225 g/mol. The summed E-state index contributed by atoms with van der Waals surface area (Å²) in [4.78, 5) is 15.5. The third-order valence-electron chi connectivity index (χ3n) is 3.20. The molecule has 1 fully saturated rings. The molecule has 1 aromatic heterocycles. The zero-order valence-corrected chi connectivity index (χ0v) is 10.0. The number of hydrogen-bond donors (Lipinski definition) is 1. The number of aromatic nitrogens is 1. The maximum atomic E-state index is 11.1. The zero-order valence-electron chi connectivity index (χ0n) is 9.20. The molecular formula is C11H15NO2S. The number of carboxylic acid groups (broad SMARTS) is 1. The van der Waals surface area contributed by atoms with Gasteiger partial charge in [-0.05, 0) is 26.7 Å². The minimum Gasteiger partial charge on any atom is -0.481 e. The Labute approximate surface area is 93.2 Å². The Morgan fingerprint density at radius 3 is 2.67 bits per heavy atom. The highest BCUT2D eigenvalue weighted by Crippen LogP contribution is 2.49. The molecule has 0 saturated heterocycles. The molecule has 4 heteroatoms. The van der Waals surface area contributed by atoms with Gasteiger partial charge >= 0.3 is 5.97 Å². The second-order valence-electron chi connectivity index (χ2n) is 5.03. The maximum Gasteiger partial charge on any atom is 0.315 e. The average molecular weight is 225 g/mol. The quantitative estimate of drug-likeness (QED) is 0.860. The van der Waals surface area contributed by atoms with E-state index in [0.29, 0.717) is 5.69 Å². The van der Waals surface area contributed by atoms with E-state index in [1.807, 2.05) is 5.38 Å². The van der Waals surface area contributed by atoms with Crippen molar-refractivity contribution in [2.75, 3.05) is 0 Å². The lowest BCUT2D eigenvalue weighted by Crippen LogP contribution is -2.29. The van der Waals surface area contributed by atoms with Crippen LogP contribution in [0.2, 0.25) is 0 Å². The Kier molecular flexibility index (Phi) is 2.15. The summed E-state index contributed by atoms with van der Waals surface area (Å²) in [6, 6.07) is 0. The predicted octanol–water partition coefficient (Wildman–Crippen LogP) is 2.56. The molecule has 0 unspecified atom stereocenters. The van der Waals surface area contributed by atoms with Gasteiger partial charge in [0.2, 0.25) is 0 Å². The molecular weight excluding hydrogens is 210 g/mol. The second-order valence-corrected chi connectivity index (χ2v) is 5.89. The molecule has 3 nitrogen and oxygen atoms in total. The molecule has 0 radical (unpaired) electrons. The molecule has 0 amide bonds. The van der Waals surface area contributed by atoms with Gasteiger partial charge < -0.3 is 5.11 Å². The lowest BCUT2D eigenvalue weighted by atomic mass is 9.90. The first-order valence-electron chi connectivity index (χ1n) is 5.06. The van der Waals surface area contributed by atoms with Crippen LogP contribution in [0.1, 0.15) is 44.3 Å². The van der Waals surface area contributed by atoms with E-state index >= 15 is 0 Å². The Balaban J connectivity index is 2.31. The first-order valence-corrected chi connectivity index (χ1v) is 5.94. The molecule has 1 aliphatic carbocycles. The minimum absolute atomic E-state index is 0.234. The second kappa shape index (κ2) is 3.04. The van der Waals surface area contributed by atoms with Gasteiger partial charge in [0.1, 0.15) is 5.41 Å². The number of carbonyl (C=O) groups is 1. The number of rotatable bonds is 3. The van der Waals surface area contributed by atoms with Crippen LogP contribution in [0, 0.1) is 0 Å². The summed E-state index contributed by atoms with van der Waals surface area (Å²) >= 11 is 1.59. The Hall–Kier alpha value is -0.900. The molecule has 0 bridgehead atoms. The number of hydrogen-bond acceptors (Lipinski definition) is 3. The third-order valence-corrected chi connectivity index (χ3v) is 4.34. The van der Waals surface area contributed by atoms with Gasteiger partial charge in [0.15, 0.2) is 0 Å². The number of thiazole rings is 1. The fourth-order valence-corrected chi connectivity index (χ4v) is 2.56. The molecule has 1 N–H and O–H groups in total. The van der Waals surface area contributed by atoms with Gasteiger partial charge in [-0.1, -0.05) is 6.92 Å². The van der Waals surface area contributed by atoms with E-state index in [1.165, 1.54) is 12.8 Å². The molecule has 15 heavy (non-hydrogen) atoms. The van der Waals surface area contributed by atoms with E-state index in [0.717, 1.165) is 5.01 Å². The van der Waals surface area contributed by atoms with Crippen molar-refractivity contribution in [1.29, 1.82) is 0 Å². The Morgan fingerprint density at radius 2 is 2.20 bits per heavy atom. The summed E-state index contributed by atoms with van der Waals surface area (Å²) in [7, 11) is 0. The maximum absolute atomic E-state index is 11.1. The van der Waals surface area contributed by atoms with Gasteiger partial charge in [-0.2, -0.15) is 0 Å². The van der Waals surface area contributed by atoms with Gasteiger partial charge in [-0.15, -0.1) is 11.3 Å². The van der Waals surface area contributed by atoms with Crippen LogP contribution in [0.15, 0.2) is 5.38 Å². The van der Waals surface area contributed by atoms with Crippen molar-refractivity contribution >= 4 is 17.3 Å². The van der Waals surface area contributed by atoms with Crippen molar-refractivity contribution < 1.29 is 9.90 Å². The molecule has 0 atom stereocenters. The van der Waals surface area contributed by atoms with Crippen LogP contribution < -0.4 is 0 Å². The van der Waals surface area contributed by atoms with Gasteiger partial charge in [-0.3, -0.25) is 4.79 Å². The van der Waals surface area contributed by atoms with Crippen molar-refractivity contribution in [3.8, 4) is 0 Å². The van der Waals surface area contributed by atoms with Crippen molar-refractivity contribution in [1.82, 2.24) is 4.98 Å². The van der Waals surface area contributed by atoms with Crippen molar-refractivity contribution in [3.63, 3.8) is 0 Å². The van der Waals surface area contributed by atoms with Crippen LogP contribution in [0.3, 0.4) is 0 Å². The fourth-order valence-electron chi connectivity index (χ4n) is 1.35. The largest absolute Gasteiger partial charge is 0.481 e. The predicted molar refractivity (Wildman–Crippen MR) is 59.4 cm³/mol. The zero-order chi connectivity index (χ0) is 11.3. The van der Waals surface area contributed by atoms with Crippen LogP contribution in [0.25, 0.3) is 0 Å². The van der Waals surface area contributed by atoms with Crippen LogP contribution in [0.5, 0.6) is 0 Å². The Morgan fingerprint density at radius 1 is 1.60 bits per heavy atom. The summed E-state index contributed by atoms with van der Waals surface area (Å²) in [5, 5.41) is 12.1. The topological polar surface area (TPSA) is 50.2 Å². The van der Waals surface area contributed by atoms with E-state index in [-0.39, 0.29) is 5.41 Å². The van der Waals surface area contributed by atoms with Crippen LogP contribution in [0.4, 0.5) is 0 Å². The molecule has 0 spiro atoms. The first-order chi connectivity index (χ1) is 6.86. The van der Waals surface area contributed by atoms with E-state index in [9.17, 15) is 4.79 Å². The van der Waals surface area contributed by atoms with Crippen molar-refractivity contribution in [3.05, 3.63) is 16.1 Å². The molecule has 0 aliphatic heterocycles. The molecule has 2 rings (SSSR count). The highest BCUT2D eigenvalue weighted by atomic mass is 32.1. The van der Waals surface area contributed by atoms with Crippen LogP contribution in [-0.4, -0.2) is 16.1 Å². The lowest BCUT2D eigenvalue weighted by Gasteiger charge is -2.15. The summed E-state index contributed by atoms with van der Waals surface area (Å²) in [6.07, 6.45) is 2.35. The first kappa shape index (κ1) is 10.6. The van der Waals surface area contributed by atoms with E-state index in [4.69, 9.17) is 5.11 Å². The standard InChI is InChI=1S/C11H15NO2S/c1-10(2,9(13)14)7-6-15-8(12-7)11(3)4-5-11/h6H,4-5H2,1-3H3,(H,13,14). The van der Waals surface area contributed by atoms with Gasteiger partial charge in [0.05, 0.1) is 10.7 Å². The van der Waals surface area contributed by atoms with Gasteiger partial charge in [0.25, 0.3) is 0 Å². The highest BCUT2D eigenvalue weighted by molar-refractivity contribution is 7.09. The van der Waals surface area contributed by atoms with Gasteiger partial charge in [-0.25, -0.2) is 4.98 Å². The third kappa shape index (κ3) is 1.67. The molecule has 1 aromatic rings. The molecule has 82 valence electrons. The number of nitrogens with zero attached hydrogens (tertiary/aromatic N) is 1. The smallest absolute Gasteiger partial charge is 0.315 e. The highest BCUT2D eigenvalue weighted by Gasteiger charge is 2.43. The molecule has 1 aliphatic rings. The Bertz CT molecular complexity index is 404. The number of aliphatic carboxylic acids is 1. The lowest BCUT2D eigenvalue weighted by molar-refractivity contribution is -0.142. The summed E-state index contributed by atoms with van der Waals surface area (Å²) in [5.41, 5.74) is 0.0421. The van der Waals surface area contributed by atoms with E-state index < -0.39 is 11.4 Å². The SMILES string of the molecule is CC1(c2nc(C(C)(C)C(=O)O)cs2)CC1. The van der Waals surface area contributed by atoms with Crippen LogP contribution >= 0.6 is 11.3 Å². The van der Waals surface area contributed by atoms with Gasteiger partial charge in [0, 0.05) is 10.8 Å². The van der Waals surface area contributed by atoms with Crippen molar-refractivity contribution in [2.24, 2.45) is 0 Å². The molecule has 1 saturated carbocycles. The van der Waals surface area contributed by atoms with E-state index in [1.54, 1.807) is 25.2 Å². The van der Waals surface area contributed by atoms with E-state index in [2.05, 4.69) is 11.9 Å². The minimum atomic E-state index is -0.875. The molecule has 0 aromatic carbocycles. The number of carboxylic acids is 1. The average Bonchev–Trinajstić information content (AvgIpc) is 2.71. The summed E-state index contributed by atoms with van der Waals surface area (Å²) < 4.78 is 0. The van der Waals surface area contributed by atoms with Crippen molar-refractivity contribution in [2.45, 2.75) is 44.4 Å². The van der Waals surface area contributed by atoms with Crippen LogP contribution in [-0.2, 0) is 15.6 Å². The normalized spacial score (nSPS) is 18.9. The molecule has 1 heterocycles. The summed E-state index contributed by atoms with van der Waals surface area (Å²) in [6.45, 7) is 5.58. The fraction of sp³-hybridized carbons (Fsp3) is 0.636.